The molecule has 1 saturated heterocycles. The lowest BCUT2D eigenvalue weighted by atomic mass is 10.2. The minimum atomic E-state index is 0.503. The molecule has 26 heavy (non-hydrogen) atoms. The average molecular weight is 383 g/mol. The molecule has 2 aliphatic rings. The first kappa shape index (κ1) is 16.4. The van der Waals surface area contributed by atoms with E-state index in [2.05, 4.69) is 51.2 Å². The minimum absolute atomic E-state index is 0.503. The predicted octanol–water partition coefficient (Wildman–Crippen LogP) is 5.14. The van der Waals surface area contributed by atoms with E-state index in [0.717, 1.165) is 29.5 Å². The second-order valence-corrected chi connectivity index (χ2v) is 8.56. The summed E-state index contributed by atoms with van der Waals surface area (Å²) < 4.78 is 5.04. The van der Waals surface area contributed by atoms with Crippen molar-refractivity contribution in [1.29, 1.82) is 0 Å². The van der Waals surface area contributed by atoms with E-state index in [-0.39, 0.29) is 0 Å². The van der Waals surface area contributed by atoms with Gasteiger partial charge in [-0.25, -0.2) is 4.68 Å². The molecule has 1 aromatic carbocycles. The number of nitrogens with zero attached hydrogens (tertiary/aromatic N) is 4. The van der Waals surface area contributed by atoms with Gasteiger partial charge in [0.2, 0.25) is 4.77 Å². The fourth-order valence-electron chi connectivity index (χ4n) is 3.91. The van der Waals surface area contributed by atoms with Crippen LogP contribution in [0.5, 0.6) is 0 Å². The van der Waals surface area contributed by atoms with Gasteiger partial charge in [0, 0.05) is 29.1 Å². The molecular formula is C20H22N4S2. The Balaban J connectivity index is 1.49. The van der Waals surface area contributed by atoms with Crippen molar-refractivity contribution in [1.82, 2.24) is 19.2 Å². The third kappa shape index (κ3) is 2.96. The van der Waals surface area contributed by atoms with E-state index < -0.39 is 0 Å². The number of rotatable bonds is 5. The highest BCUT2D eigenvalue weighted by Crippen LogP contribution is 2.40. The average Bonchev–Trinajstić information content (AvgIpc) is 3.06. The summed E-state index contributed by atoms with van der Waals surface area (Å²) in [6.45, 7) is 1.89. The van der Waals surface area contributed by atoms with Crippen LogP contribution in [-0.2, 0) is 6.67 Å². The number of hydrogen-bond acceptors (Lipinski definition) is 4. The summed E-state index contributed by atoms with van der Waals surface area (Å²) >= 11 is 7.71. The molecule has 5 rings (SSSR count). The molecule has 0 unspecified atom stereocenters. The van der Waals surface area contributed by atoms with Crippen LogP contribution in [0.2, 0.25) is 0 Å². The van der Waals surface area contributed by atoms with Gasteiger partial charge in [0.25, 0.3) is 0 Å². The van der Waals surface area contributed by atoms with E-state index in [4.69, 9.17) is 17.3 Å². The Bertz CT molecular complexity index is 938. The third-order valence-electron chi connectivity index (χ3n) is 5.37. The second kappa shape index (κ2) is 6.76. The SMILES string of the molecule is S=c1n(CN2CCC[C@H]2c2cccs2)nc(C2CC2)n1-c1ccccc1. The smallest absolute Gasteiger partial charge is 0.203 e. The molecule has 0 spiro atoms. The Morgan fingerprint density at radius 1 is 1.08 bits per heavy atom. The van der Waals surface area contributed by atoms with E-state index in [1.54, 1.807) is 0 Å². The van der Waals surface area contributed by atoms with Gasteiger partial charge in [-0.15, -0.1) is 11.3 Å². The van der Waals surface area contributed by atoms with Crippen LogP contribution in [0, 0.1) is 4.77 Å². The zero-order valence-corrected chi connectivity index (χ0v) is 16.3. The number of benzene rings is 1. The summed E-state index contributed by atoms with van der Waals surface area (Å²) in [6, 6.07) is 15.3. The zero-order valence-electron chi connectivity index (χ0n) is 14.6. The molecule has 3 heterocycles. The van der Waals surface area contributed by atoms with E-state index in [1.165, 1.54) is 30.6 Å². The first-order valence-electron chi connectivity index (χ1n) is 9.34. The molecule has 3 aromatic rings. The van der Waals surface area contributed by atoms with Crippen molar-refractivity contribution in [2.45, 2.75) is 44.3 Å². The van der Waals surface area contributed by atoms with Gasteiger partial charge in [-0.1, -0.05) is 24.3 Å². The van der Waals surface area contributed by atoms with Gasteiger partial charge in [0.1, 0.15) is 5.82 Å². The molecule has 2 aromatic heterocycles. The van der Waals surface area contributed by atoms with E-state index in [1.807, 2.05) is 22.1 Å². The van der Waals surface area contributed by atoms with Crippen molar-refractivity contribution in [3.8, 4) is 5.69 Å². The minimum Gasteiger partial charge on any atom is -0.276 e. The van der Waals surface area contributed by atoms with E-state index in [9.17, 15) is 0 Å². The molecule has 134 valence electrons. The monoisotopic (exact) mass is 382 g/mol. The zero-order chi connectivity index (χ0) is 17.5. The molecule has 1 atom stereocenters. The molecule has 2 fully saturated rings. The molecule has 4 nitrogen and oxygen atoms in total. The Kier molecular flexibility index (Phi) is 4.27. The third-order valence-corrected chi connectivity index (χ3v) is 6.74. The molecule has 1 saturated carbocycles. The van der Waals surface area contributed by atoms with E-state index in [0.29, 0.717) is 12.0 Å². The van der Waals surface area contributed by atoms with Crippen molar-refractivity contribution in [2.24, 2.45) is 0 Å². The first-order chi connectivity index (χ1) is 12.8. The van der Waals surface area contributed by atoms with Crippen molar-refractivity contribution >= 4 is 23.6 Å². The maximum Gasteiger partial charge on any atom is 0.203 e. The number of hydrogen-bond donors (Lipinski definition) is 0. The Morgan fingerprint density at radius 3 is 2.65 bits per heavy atom. The molecule has 1 aliphatic carbocycles. The van der Waals surface area contributed by atoms with Crippen molar-refractivity contribution < 1.29 is 0 Å². The van der Waals surface area contributed by atoms with Gasteiger partial charge in [0.15, 0.2) is 0 Å². The quantitative estimate of drug-likeness (QED) is 0.572. The molecule has 0 N–H and O–H groups in total. The number of thiophene rings is 1. The molecule has 6 heteroatoms. The maximum absolute atomic E-state index is 5.85. The Morgan fingerprint density at radius 2 is 1.92 bits per heavy atom. The van der Waals surface area contributed by atoms with Crippen LogP contribution >= 0.6 is 23.6 Å². The van der Waals surface area contributed by atoms with Crippen molar-refractivity contribution in [3.05, 3.63) is 63.3 Å². The molecule has 0 bridgehead atoms. The van der Waals surface area contributed by atoms with Gasteiger partial charge < -0.3 is 0 Å². The lowest BCUT2D eigenvalue weighted by molar-refractivity contribution is 0.192. The van der Waals surface area contributed by atoms with Crippen molar-refractivity contribution in [2.75, 3.05) is 6.54 Å². The van der Waals surface area contributed by atoms with Crippen LogP contribution in [-0.4, -0.2) is 25.8 Å². The van der Waals surface area contributed by atoms with Gasteiger partial charge >= 0.3 is 0 Å². The van der Waals surface area contributed by atoms with Gasteiger partial charge in [-0.2, -0.15) is 5.10 Å². The van der Waals surface area contributed by atoms with Crippen LogP contribution in [0.15, 0.2) is 47.8 Å². The Labute approximate surface area is 162 Å². The molecule has 0 amide bonds. The fraction of sp³-hybridized carbons (Fsp3) is 0.400. The summed E-state index contributed by atoms with van der Waals surface area (Å²) in [5, 5.41) is 7.14. The number of aromatic nitrogens is 3. The summed E-state index contributed by atoms with van der Waals surface area (Å²) in [5.74, 6) is 1.69. The highest BCUT2D eigenvalue weighted by molar-refractivity contribution is 7.71. The predicted molar refractivity (Wildman–Crippen MR) is 107 cm³/mol. The van der Waals surface area contributed by atoms with Crippen LogP contribution in [0.3, 0.4) is 0 Å². The van der Waals surface area contributed by atoms with Crippen LogP contribution in [0.4, 0.5) is 0 Å². The second-order valence-electron chi connectivity index (χ2n) is 7.21. The summed E-state index contributed by atoms with van der Waals surface area (Å²) in [6.07, 6.45) is 4.91. The van der Waals surface area contributed by atoms with Crippen LogP contribution in [0.1, 0.15) is 48.3 Å². The fourth-order valence-corrected chi connectivity index (χ4v) is 5.11. The normalized spacial score (nSPS) is 20.7. The lowest BCUT2D eigenvalue weighted by Crippen LogP contribution is -2.26. The standard InChI is InChI=1S/C20H22N4S2/c25-20-23(14-22-12-4-8-17(22)18-9-5-13-26-18)21-19(15-10-11-15)24(20)16-6-2-1-3-7-16/h1-3,5-7,9,13,15,17H,4,8,10-12,14H2/t17-/m0/s1. The molecule has 0 radical (unpaired) electrons. The Hall–Kier alpha value is -1.76. The van der Waals surface area contributed by atoms with Crippen molar-refractivity contribution in [3.63, 3.8) is 0 Å². The summed E-state index contributed by atoms with van der Waals surface area (Å²) in [5.41, 5.74) is 1.13. The van der Waals surface area contributed by atoms with E-state index >= 15 is 0 Å². The largest absolute Gasteiger partial charge is 0.276 e. The molecule has 1 aliphatic heterocycles. The summed E-state index contributed by atoms with van der Waals surface area (Å²) in [7, 11) is 0. The van der Waals surface area contributed by atoms with Gasteiger partial charge in [-0.05, 0) is 61.5 Å². The van der Waals surface area contributed by atoms with Gasteiger partial charge in [-0.3, -0.25) is 9.47 Å². The lowest BCUT2D eigenvalue weighted by Gasteiger charge is -2.23. The highest BCUT2D eigenvalue weighted by Gasteiger charge is 2.32. The van der Waals surface area contributed by atoms with Crippen LogP contribution < -0.4 is 0 Å². The summed E-state index contributed by atoms with van der Waals surface area (Å²) in [4.78, 5) is 3.99. The van der Waals surface area contributed by atoms with Crippen LogP contribution in [0.25, 0.3) is 5.69 Å². The first-order valence-corrected chi connectivity index (χ1v) is 10.6. The maximum atomic E-state index is 5.85. The topological polar surface area (TPSA) is 26.0 Å². The highest BCUT2D eigenvalue weighted by atomic mass is 32.1. The number of likely N-dealkylation sites (tertiary alicyclic amines) is 1. The number of para-hydroxylation sites is 1. The van der Waals surface area contributed by atoms with Gasteiger partial charge in [0.05, 0.1) is 6.67 Å². The molecular weight excluding hydrogens is 360 g/mol.